The molecule has 2 aromatic rings. The van der Waals surface area contributed by atoms with Crippen LogP contribution in [0.25, 0.3) is 10.9 Å². The topological polar surface area (TPSA) is 97.5 Å². The lowest BCUT2D eigenvalue weighted by Gasteiger charge is -2.35. The summed E-state index contributed by atoms with van der Waals surface area (Å²) in [7, 11) is 0. The quantitative estimate of drug-likeness (QED) is 0.742. The van der Waals surface area contributed by atoms with Crippen molar-refractivity contribution in [2.75, 3.05) is 26.2 Å². The number of fused-ring (bicyclic) bond motifs is 1. The van der Waals surface area contributed by atoms with Crippen molar-refractivity contribution >= 4 is 28.7 Å². The van der Waals surface area contributed by atoms with Crippen LogP contribution < -0.4 is 10.6 Å². The van der Waals surface area contributed by atoms with E-state index in [1.807, 2.05) is 30.3 Å². The van der Waals surface area contributed by atoms with Gasteiger partial charge in [-0.1, -0.05) is 18.2 Å². The highest BCUT2D eigenvalue weighted by molar-refractivity contribution is 5.98. The highest BCUT2D eigenvalue weighted by Gasteiger charge is 2.29. The first-order valence-corrected chi connectivity index (χ1v) is 9.74. The number of carbonyl (C=O) groups is 3. The molecule has 1 aromatic carbocycles. The molecule has 0 radical (unpaired) electrons. The van der Waals surface area contributed by atoms with Gasteiger partial charge < -0.3 is 25.4 Å². The Morgan fingerprint density at radius 2 is 1.75 bits per heavy atom. The smallest absolute Gasteiger partial charge is 0.318 e. The maximum absolute atomic E-state index is 12.7. The molecule has 1 aliphatic heterocycles. The minimum Gasteiger partial charge on any atom is -0.352 e. The lowest BCUT2D eigenvalue weighted by Crippen LogP contribution is -2.56. The van der Waals surface area contributed by atoms with E-state index in [9.17, 15) is 14.4 Å². The van der Waals surface area contributed by atoms with Crippen molar-refractivity contribution in [3.63, 3.8) is 0 Å². The van der Waals surface area contributed by atoms with Gasteiger partial charge in [0.1, 0.15) is 11.7 Å². The van der Waals surface area contributed by atoms with Gasteiger partial charge in [-0.05, 0) is 31.9 Å². The Kier molecular flexibility index (Phi) is 4.93. The Labute approximate surface area is 163 Å². The van der Waals surface area contributed by atoms with Gasteiger partial charge in [0.05, 0.1) is 0 Å². The number of H-pyrrole nitrogens is 1. The van der Waals surface area contributed by atoms with Crippen LogP contribution in [-0.2, 0) is 4.79 Å². The largest absolute Gasteiger partial charge is 0.352 e. The van der Waals surface area contributed by atoms with Crippen LogP contribution in [0.5, 0.6) is 0 Å². The number of nitrogens with zero attached hydrogens (tertiary/aromatic N) is 2. The molecule has 8 nitrogen and oxygen atoms in total. The Morgan fingerprint density at radius 1 is 1.07 bits per heavy atom. The molecular weight excluding hydrogens is 358 g/mol. The summed E-state index contributed by atoms with van der Waals surface area (Å²) in [6.45, 7) is 3.49. The molecule has 1 saturated carbocycles. The molecule has 2 fully saturated rings. The number of hydrogen-bond donors (Lipinski definition) is 3. The third kappa shape index (κ3) is 3.95. The summed E-state index contributed by atoms with van der Waals surface area (Å²) in [6.07, 6.45) is 2.03. The first kappa shape index (κ1) is 18.3. The molecule has 0 unspecified atom stereocenters. The second-order valence-electron chi connectivity index (χ2n) is 7.50. The molecule has 2 aliphatic rings. The zero-order valence-corrected chi connectivity index (χ0v) is 15.9. The van der Waals surface area contributed by atoms with E-state index in [0.717, 1.165) is 23.7 Å². The van der Waals surface area contributed by atoms with E-state index in [1.54, 1.807) is 16.7 Å². The fourth-order valence-electron chi connectivity index (χ4n) is 3.37. The zero-order chi connectivity index (χ0) is 19.7. The second kappa shape index (κ2) is 7.53. The maximum atomic E-state index is 12.7. The van der Waals surface area contributed by atoms with E-state index in [2.05, 4.69) is 15.6 Å². The molecule has 148 valence electrons. The van der Waals surface area contributed by atoms with Crippen LogP contribution in [0.15, 0.2) is 30.3 Å². The van der Waals surface area contributed by atoms with Crippen LogP contribution in [0.2, 0.25) is 0 Å². The van der Waals surface area contributed by atoms with E-state index in [4.69, 9.17) is 0 Å². The normalized spacial score (nSPS) is 18.0. The summed E-state index contributed by atoms with van der Waals surface area (Å²) in [5.41, 5.74) is 1.49. The van der Waals surface area contributed by atoms with Crippen molar-refractivity contribution in [3.05, 3.63) is 36.0 Å². The number of aromatic amines is 1. The highest BCUT2D eigenvalue weighted by Crippen LogP contribution is 2.19. The third-order valence-corrected chi connectivity index (χ3v) is 5.27. The van der Waals surface area contributed by atoms with Gasteiger partial charge >= 0.3 is 6.03 Å². The third-order valence-electron chi connectivity index (χ3n) is 5.27. The maximum Gasteiger partial charge on any atom is 0.318 e. The summed E-state index contributed by atoms with van der Waals surface area (Å²) in [5, 5.41) is 6.63. The minimum atomic E-state index is -0.570. The van der Waals surface area contributed by atoms with Gasteiger partial charge in [-0.25, -0.2) is 4.79 Å². The van der Waals surface area contributed by atoms with Gasteiger partial charge in [0.2, 0.25) is 5.91 Å². The molecule has 8 heteroatoms. The molecule has 4 amide bonds. The van der Waals surface area contributed by atoms with Gasteiger partial charge in [-0.15, -0.1) is 0 Å². The Balaban J connectivity index is 1.29. The number of aromatic nitrogens is 1. The monoisotopic (exact) mass is 383 g/mol. The van der Waals surface area contributed by atoms with Crippen LogP contribution >= 0.6 is 0 Å². The Hall–Kier alpha value is -3.03. The van der Waals surface area contributed by atoms with E-state index in [1.165, 1.54) is 0 Å². The molecule has 1 saturated heterocycles. The number of para-hydroxylation sites is 1. The summed E-state index contributed by atoms with van der Waals surface area (Å²) < 4.78 is 0. The van der Waals surface area contributed by atoms with Crippen LogP contribution in [0.1, 0.15) is 30.3 Å². The Morgan fingerprint density at radius 3 is 2.43 bits per heavy atom. The average molecular weight is 383 g/mol. The predicted octanol–water partition coefficient (Wildman–Crippen LogP) is 1.30. The number of piperazine rings is 1. The predicted molar refractivity (Wildman–Crippen MR) is 105 cm³/mol. The fraction of sp³-hybridized carbons (Fsp3) is 0.450. The van der Waals surface area contributed by atoms with E-state index < -0.39 is 6.04 Å². The van der Waals surface area contributed by atoms with Gasteiger partial charge in [-0.3, -0.25) is 9.59 Å². The second-order valence-corrected chi connectivity index (χ2v) is 7.50. The van der Waals surface area contributed by atoms with Gasteiger partial charge in [0.15, 0.2) is 0 Å². The molecule has 1 atom stereocenters. The standard InChI is InChI=1S/C20H25N5O3/c1-13(18(26)22-15-6-7-15)21-20(28)25-10-8-24(9-11-25)19(27)17-12-14-4-2-3-5-16(14)23-17/h2-5,12-13,15,23H,6-11H2,1H3,(H,21,28)(H,22,26)/t13-/m0/s1. The van der Waals surface area contributed by atoms with Crippen molar-refractivity contribution in [2.24, 2.45) is 0 Å². The van der Waals surface area contributed by atoms with Gasteiger partial charge in [0, 0.05) is 43.1 Å². The molecule has 4 rings (SSSR count). The molecule has 0 spiro atoms. The number of rotatable bonds is 4. The van der Waals surface area contributed by atoms with Crippen molar-refractivity contribution in [1.29, 1.82) is 0 Å². The first-order chi connectivity index (χ1) is 13.5. The van der Waals surface area contributed by atoms with Crippen molar-refractivity contribution in [1.82, 2.24) is 25.4 Å². The van der Waals surface area contributed by atoms with E-state index in [-0.39, 0.29) is 23.9 Å². The molecule has 1 aliphatic carbocycles. The first-order valence-electron chi connectivity index (χ1n) is 9.74. The number of nitrogens with one attached hydrogen (secondary N) is 3. The molecule has 1 aromatic heterocycles. The summed E-state index contributed by atoms with van der Waals surface area (Å²) >= 11 is 0. The molecule has 28 heavy (non-hydrogen) atoms. The van der Waals surface area contributed by atoms with E-state index in [0.29, 0.717) is 31.9 Å². The van der Waals surface area contributed by atoms with Crippen LogP contribution in [-0.4, -0.2) is 70.9 Å². The SMILES string of the molecule is C[C@H](NC(=O)N1CCN(C(=O)c2cc3ccccc3[nH]2)CC1)C(=O)NC1CC1. The zero-order valence-electron chi connectivity index (χ0n) is 15.9. The van der Waals surface area contributed by atoms with Gasteiger partial charge in [-0.2, -0.15) is 0 Å². The van der Waals surface area contributed by atoms with Crippen molar-refractivity contribution < 1.29 is 14.4 Å². The number of urea groups is 1. The highest BCUT2D eigenvalue weighted by atomic mass is 16.2. The number of hydrogen-bond acceptors (Lipinski definition) is 3. The average Bonchev–Trinajstić information content (AvgIpc) is 3.41. The molecule has 0 bridgehead atoms. The molecular formula is C20H25N5O3. The number of amides is 4. The fourth-order valence-corrected chi connectivity index (χ4v) is 3.37. The number of benzene rings is 1. The van der Waals surface area contributed by atoms with Crippen LogP contribution in [0.3, 0.4) is 0 Å². The lowest BCUT2D eigenvalue weighted by molar-refractivity contribution is -0.122. The lowest BCUT2D eigenvalue weighted by atomic mass is 10.2. The van der Waals surface area contributed by atoms with E-state index >= 15 is 0 Å². The number of carbonyl (C=O) groups excluding carboxylic acids is 3. The van der Waals surface area contributed by atoms with Crippen molar-refractivity contribution in [3.8, 4) is 0 Å². The summed E-state index contributed by atoms with van der Waals surface area (Å²) in [5.74, 6) is -0.211. The van der Waals surface area contributed by atoms with Gasteiger partial charge in [0.25, 0.3) is 5.91 Å². The van der Waals surface area contributed by atoms with Crippen LogP contribution in [0, 0.1) is 0 Å². The summed E-state index contributed by atoms with van der Waals surface area (Å²) in [6, 6.07) is 9.06. The van der Waals surface area contributed by atoms with Crippen molar-refractivity contribution in [2.45, 2.75) is 31.8 Å². The minimum absolute atomic E-state index is 0.0616. The van der Waals surface area contributed by atoms with Crippen LogP contribution in [0.4, 0.5) is 4.79 Å². The molecule has 2 heterocycles. The molecule has 3 N–H and O–H groups in total. The summed E-state index contributed by atoms with van der Waals surface area (Å²) in [4.78, 5) is 43.7. The Bertz CT molecular complexity index is 863.